The highest BCUT2D eigenvalue weighted by atomic mass is 16.1. The maximum atomic E-state index is 12.0. The number of amides is 1. The quantitative estimate of drug-likeness (QED) is 0.871. The van der Waals surface area contributed by atoms with Crippen molar-refractivity contribution in [1.82, 2.24) is 5.32 Å². The molecule has 3 nitrogen and oxygen atoms in total. The number of carbonyl (C=O) groups excluding carboxylic acids is 1. The van der Waals surface area contributed by atoms with E-state index in [1.807, 2.05) is 12.1 Å². The Hall–Kier alpha value is -1.35. The maximum absolute atomic E-state index is 12.0. The molecule has 0 spiro atoms. The predicted octanol–water partition coefficient (Wildman–Crippen LogP) is 2.17. The summed E-state index contributed by atoms with van der Waals surface area (Å²) in [7, 11) is 0. The number of hydrogen-bond acceptors (Lipinski definition) is 2. The van der Waals surface area contributed by atoms with Gasteiger partial charge in [-0.05, 0) is 50.2 Å². The van der Waals surface area contributed by atoms with Crippen LogP contribution in [0.3, 0.4) is 0 Å². The molecule has 1 fully saturated rings. The minimum atomic E-state index is 0.177. The molecule has 0 aromatic heterocycles. The van der Waals surface area contributed by atoms with E-state index in [1.165, 1.54) is 11.1 Å². The number of benzene rings is 1. The van der Waals surface area contributed by atoms with Crippen LogP contribution in [0.1, 0.15) is 36.8 Å². The van der Waals surface area contributed by atoms with E-state index in [0.29, 0.717) is 6.04 Å². The van der Waals surface area contributed by atoms with Crippen LogP contribution in [-0.4, -0.2) is 18.5 Å². The topological polar surface area (TPSA) is 55.1 Å². The largest absolute Gasteiger partial charge is 0.356 e. The lowest BCUT2D eigenvalue weighted by Gasteiger charge is -2.25. The molecule has 1 aromatic rings. The molecular formula is C16H24N2O. The van der Waals surface area contributed by atoms with E-state index in [-0.39, 0.29) is 11.8 Å². The Bertz CT molecular complexity index is 423. The molecule has 1 aliphatic carbocycles. The van der Waals surface area contributed by atoms with Crippen LogP contribution in [0.15, 0.2) is 24.3 Å². The first-order valence-corrected chi connectivity index (χ1v) is 7.24. The Labute approximate surface area is 115 Å². The Morgan fingerprint density at radius 1 is 1.26 bits per heavy atom. The second-order valence-corrected chi connectivity index (χ2v) is 5.58. The zero-order valence-electron chi connectivity index (χ0n) is 11.7. The van der Waals surface area contributed by atoms with Gasteiger partial charge < -0.3 is 11.1 Å². The molecule has 0 radical (unpaired) electrons. The highest BCUT2D eigenvalue weighted by Gasteiger charge is 2.23. The number of nitrogens with two attached hydrogens (primary N) is 1. The van der Waals surface area contributed by atoms with Gasteiger partial charge in [-0.2, -0.15) is 0 Å². The molecule has 3 heteroatoms. The standard InChI is InChI=1S/C16H24N2O/c1-12-4-2-3-5-13(12)10-11-18-16(19)14-6-8-15(17)9-7-14/h2-5,14-15H,6-11,17H2,1H3,(H,18,19). The summed E-state index contributed by atoms with van der Waals surface area (Å²) in [6.07, 6.45) is 4.76. The molecule has 0 heterocycles. The number of nitrogens with one attached hydrogen (secondary N) is 1. The lowest BCUT2D eigenvalue weighted by atomic mass is 9.86. The zero-order chi connectivity index (χ0) is 13.7. The third kappa shape index (κ3) is 4.06. The molecular weight excluding hydrogens is 236 g/mol. The van der Waals surface area contributed by atoms with Crippen molar-refractivity contribution in [3.05, 3.63) is 35.4 Å². The van der Waals surface area contributed by atoms with E-state index < -0.39 is 0 Å². The molecule has 0 atom stereocenters. The van der Waals surface area contributed by atoms with Crippen molar-refractivity contribution in [3.8, 4) is 0 Å². The van der Waals surface area contributed by atoms with E-state index in [1.54, 1.807) is 0 Å². The number of carbonyl (C=O) groups is 1. The van der Waals surface area contributed by atoms with Crippen molar-refractivity contribution >= 4 is 5.91 Å². The highest BCUT2D eigenvalue weighted by Crippen LogP contribution is 2.23. The van der Waals surface area contributed by atoms with Gasteiger partial charge >= 0.3 is 0 Å². The van der Waals surface area contributed by atoms with Crippen molar-refractivity contribution < 1.29 is 4.79 Å². The molecule has 1 saturated carbocycles. The van der Waals surface area contributed by atoms with Crippen LogP contribution in [0.25, 0.3) is 0 Å². The van der Waals surface area contributed by atoms with Gasteiger partial charge in [0, 0.05) is 18.5 Å². The fraction of sp³-hybridized carbons (Fsp3) is 0.562. The molecule has 0 saturated heterocycles. The summed E-state index contributed by atoms with van der Waals surface area (Å²) in [5.74, 6) is 0.386. The van der Waals surface area contributed by atoms with Crippen molar-refractivity contribution in [1.29, 1.82) is 0 Å². The lowest BCUT2D eigenvalue weighted by molar-refractivity contribution is -0.125. The van der Waals surface area contributed by atoms with Crippen LogP contribution < -0.4 is 11.1 Å². The fourth-order valence-corrected chi connectivity index (χ4v) is 2.74. The van der Waals surface area contributed by atoms with Crippen molar-refractivity contribution in [2.24, 2.45) is 11.7 Å². The van der Waals surface area contributed by atoms with Gasteiger partial charge in [-0.3, -0.25) is 4.79 Å². The third-order valence-electron chi connectivity index (χ3n) is 4.10. The summed E-state index contributed by atoms with van der Waals surface area (Å²) in [6, 6.07) is 8.63. The minimum Gasteiger partial charge on any atom is -0.356 e. The SMILES string of the molecule is Cc1ccccc1CCNC(=O)C1CCC(N)CC1. The first-order valence-electron chi connectivity index (χ1n) is 7.24. The van der Waals surface area contributed by atoms with Crippen LogP contribution in [0.4, 0.5) is 0 Å². The molecule has 0 unspecified atom stereocenters. The summed E-state index contributed by atoms with van der Waals surface area (Å²) in [5.41, 5.74) is 8.46. The highest BCUT2D eigenvalue weighted by molar-refractivity contribution is 5.78. The van der Waals surface area contributed by atoms with Gasteiger partial charge in [0.05, 0.1) is 0 Å². The van der Waals surface area contributed by atoms with Crippen molar-refractivity contribution in [2.45, 2.75) is 45.1 Å². The molecule has 104 valence electrons. The first-order chi connectivity index (χ1) is 9.16. The van der Waals surface area contributed by atoms with E-state index in [0.717, 1.165) is 38.6 Å². The van der Waals surface area contributed by atoms with Crippen LogP contribution in [0.2, 0.25) is 0 Å². The second-order valence-electron chi connectivity index (χ2n) is 5.58. The normalized spacial score (nSPS) is 23.1. The smallest absolute Gasteiger partial charge is 0.223 e. The Morgan fingerprint density at radius 3 is 2.63 bits per heavy atom. The van der Waals surface area contributed by atoms with Gasteiger partial charge in [0.15, 0.2) is 0 Å². The van der Waals surface area contributed by atoms with Crippen LogP contribution in [0.5, 0.6) is 0 Å². The molecule has 0 bridgehead atoms. The summed E-state index contributed by atoms with van der Waals surface area (Å²) in [6.45, 7) is 2.84. The second kappa shape index (κ2) is 6.71. The maximum Gasteiger partial charge on any atom is 0.223 e. The average Bonchev–Trinajstić information content (AvgIpc) is 2.41. The lowest BCUT2D eigenvalue weighted by Crippen LogP contribution is -2.37. The molecule has 1 aromatic carbocycles. The number of rotatable bonds is 4. The molecule has 19 heavy (non-hydrogen) atoms. The summed E-state index contributed by atoms with van der Waals surface area (Å²) in [5, 5.41) is 3.06. The van der Waals surface area contributed by atoms with Crippen molar-refractivity contribution in [2.75, 3.05) is 6.54 Å². The van der Waals surface area contributed by atoms with Crippen LogP contribution >= 0.6 is 0 Å². The summed E-state index contributed by atoms with van der Waals surface area (Å²) < 4.78 is 0. The van der Waals surface area contributed by atoms with E-state index in [9.17, 15) is 4.79 Å². The van der Waals surface area contributed by atoms with Crippen LogP contribution in [0, 0.1) is 12.8 Å². The monoisotopic (exact) mass is 260 g/mol. The molecule has 0 aliphatic heterocycles. The number of hydrogen-bond donors (Lipinski definition) is 2. The van der Waals surface area contributed by atoms with E-state index in [2.05, 4.69) is 24.4 Å². The van der Waals surface area contributed by atoms with Crippen LogP contribution in [-0.2, 0) is 11.2 Å². The van der Waals surface area contributed by atoms with Gasteiger partial charge in [-0.1, -0.05) is 24.3 Å². The molecule has 1 amide bonds. The minimum absolute atomic E-state index is 0.177. The molecule has 2 rings (SSSR count). The fourth-order valence-electron chi connectivity index (χ4n) is 2.74. The molecule has 1 aliphatic rings. The van der Waals surface area contributed by atoms with E-state index in [4.69, 9.17) is 5.73 Å². The van der Waals surface area contributed by atoms with Gasteiger partial charge in [0.2, 0.25) is 5.91 Å². The first kappa shape index (κ1) is 14.1. The van der Waals surface area contributed by atoms with Gasteiger partial charge in [0.1, 0.15) is 0 Å². The van der Waals surface area contributed by atoms with Crippen molar-refractivity contribution in [3.63, 3.8) is 0 Å². The molecule has 3 N–H and O–H groups in total. The van der Waals surface area contributed by atoms with Gasteiger partial charge in [-0.25, -0.2) is 0 Å². The predicted molar refractivity (Wildman–Crippen MR) is 77.8 cm³/mol. The Balaban J connectivity index is 1.74. The van der Waals surface area contributed by atoms with Gasteiger partial charge in [-0.15, -0.1) is 0 Å². The summed E-state index contributed by atoms with van der Waals surface area (Å²) in [4.78, 5) is 12.0. The number of aryl methyl sites for hydroxylation is 1. The van der Waals surface area contributed by atoms with E-state index >= 15 is 0 Å². The van der Waals surface area contributed by atoms with Gasteiger partial charge in [0.25, 0.3) is 0 Å². The average molecular weight is 260 g/mol. The Kier molecular flexibility index (Phi) is 4.97. The summed E-state index contributed by atoms with van der Waals surface area (Å²) >= 11 is 0. The third-order valence-corrected chi connectivity index (χ3v) is 4.10. The Morgan fingerprint density at radius 2 is 1.95 bits per heavy atom. The zero-order valence-corrected chi connectivity index (χ0v) is 11.7.